The molecule has 5 nitrogen and oxygen atoms in total. The Morgan fingerprint density at radius 3 is 2.25 bits per heavy atom. The van der Waals surface area contributed by atoms with E-state index in [1.54, 1.807) is 33.6 Å². The molecule has 1 aromatic heterocycles. The van der Waals surface area contributed by atoms with Crippen molar-refractivity contribution < 1.29 is 19.3 Å². The topological polar surface area (TPSA) is 60.8 Å². The predicted molar refractivity (Wildman–Crippen MR) is 92.3 cm³/mol. The van der Waals surface area contributed by atoms with Crippen molar-refractivity contribution in [3.63, 3.8) is 0 Å². The summed E-state index contributed by atoms with van der Waals surface area (Å²) in [6, 6.07) is 11.1. The van der Waals surface area contributed by atoms with Crippen LogP contribution in [0.2, 0.25) is 0 Å². The number of benzene rings is 2. The molecule has 0 radical (unpaired) electrons. The van der Waals surface area contributed by atoms with E-state index in [1.807, 2.05) is 30.3 Å². The smallest absolute Gasteiger partial charge is 0.203 e. The number of phenolic OH excluding ortho intramolecular Hbond substituents is 1. The van der Waals surface area contributed by atoms with Gasteiger partial charge in [0.05, 0.1) is 27.0 Å². The van der Waals surface area contributed by atoms with Gasteiger partial charge in [0, 0.05) is 23.4 Å². The minimum Gasteiger partial charge on any atom is -0.507 e. The summed E-state index contributed by atoms with van der Waals surface area (Å²) in [4.78, 5) is 4.47. The molecule has 3 rings (SSSR count). The van der Waals surface area contributed by atoms with Gasteiger partial charge in [-0.2, -0.15) is 0 Å². The first kappa shape index (κ1) is 15.9. The highest BCUT2D eigenvalue weighted by Crippen LogP contribution is 2.39. The highest BCUT2D eigenvalue weighted by atomic mass is 16.5. The Bertz CT molecular complexity index is 851. The highest BCUT2D eigenvalue weighted by molar-refractivity contribution is 5.89. The lowest BCUT2D eigenvalue weighted by Gasteiger charge is -2.14. The average Bonchev–Trinajstić information content (AvgIpc) is 2.61. The van der Waals surface area contributed by atoms with Gasteiger partial charge in [-0.25, -0.2) is 0 Å². The minimum absolute atomic E-state index is 0.251. The number of methoxy groups -OCH3 is 3. The lowest BCUT2D eigenvalue weighted by Crippen LogP contribution is -1.99. The predicted octanol–water partition coefficient (Wildman–Crippen LogP) is 3.56. The van der Waals surface area contributed by atoms with Crippen LogP contribution in [0.1, 0.15) is 11.3 Å². The molecule has 0 aliphatic rings. The number of phenols is 1. The van der Waals surface area contributed by atoms with E-state index >= 15 is 0 Å². The molecule has 0 unspecified atom stereocenters. The van der Waals surface area contributed by atoms with Crippen molar-refractivity contribution >= 4 is 10.8 Å². The lowest BCUT2D eigenvalue weighted by molar-refractivity contribution is 0.324. The number of nitrogens with zero attached hydrogens (tertiary/aromatic N) is 1. The molecule has 124 valence electrons. The fourth-order valence-corrected chi connectivity index (χ4v) is 2.82. The van der Waals surface area contributed by atoms with Crippen LogP contribution in [0.5, 0.6) is 23.0 Å². The molecular weight excluding hydrogens is 306 g/mol. The number of hydrogen-bond acceptors (Lipinski definition) is 5. The van der Waals surface area contributed by atoms with E-state index in [4.69, 9.17) is 14.2 Å². The Balaban J connectivity index is 2.07. The number of hydrogen-bond donors (Lipinski definition) is 1. The molecule has 0 bridgehead atoms. The van der Waals surface area contributed by atoms with E-state index in [0.717, 1.165) is 22.0 Å². The molecule has 0 atom stereocenters. The first-order valence-corrected chi connectivity index (χ1v) is 7.52. The Morgan fingerprint density at radius 1 is 0.917 bits per heavy atom. The average molecular weight is 325 g/mol. The van der Waals surface area contributed by atoms with Crippen molar-refractivity contribution in [3.8, 4) is 23.0 Å². The Hall–Kier alpha value is -2.95. The Labute approximate surface area is 140 Å². The van der Waals surface area contributed by atoms with Gasteiger partial charge in [0.1, 0.15) is 5.75 Å². The summed E-state index contributed by atoms with van der Waals surface area (Å²) >= 11 is 0. The number of aromatic hydroxyl groups is 1. The molecule has 1 heterocycles. The normalized spacial score (nSPS) is 10.6. The molecule has 0 aliphatic carbocycles. The number of fused-ring (bicyclic) bond motifs is 1. The monoisotopic (exact) mass is 325 g/mol. The van der Waals surface area contributed by atoms with Gasteiger partial charge in [-0.05, 0) is 29.8 Å². The highest BCUT2D eigenvalue weighted by Gasteiger charge is 2.14. The summed E-state index contributed by atoms with van der Waals surface area (Å²) in [5, 5.41) is 11.7. The van der Waals surface area contributed by atoms with E-state index < -0.39 is 0 Å². The molecule has 0 fully saturated rings. The molecule has 24 heavy (non-hydrogen) atoms. The third kappa shape index (κ3) is 2.80. The minimum atomic E-state index is 0.251. The number of pyridine rings is 1. The van der Waals surface area contributed by atoms with Gasteiger partial charge >= 0.3 is 0 Å². The molecule has 2 aromatic carbocycles. The SMILES string of the molecule is COc1cc(Cc2nccc3c(O)cccc23)cc(OC)c1OC. The summed E-state index contributed by atoms with van der Waals surface area (Å²) < 4.78 is 16.1. The number of aromatic nitrogens is 1. The second kappa shape index (κ2) is 6.66. The van der Waals surface area contributed by atoms with Crippen molar-refractivity contribution in [2.45, 2.75) is 6.42 Å². The second-order valence-corrected chi connectivity index (χ2v) is 5.34. The fraction of sp³-hybridized carbons (Fsp3) is 0.211. The Morgan fingerprint density at radius 2 is 1.62 bits per heavy atom. The third-order valence-electron chi connectivity index (χ3n) is 3.96. The van der Waals surface area contributed by atoms with E-state index in [0.29, 0.717) is 23.7 Å². The van der Waals surface area contributed by atoms with Crippen LogP contribution in [0.4, 0.5) is 0 Å². The van der Waals surface area contributed by atoms with Gasteiger partial charge in [0.2, 0.25) is 5.75 Å². The summed E-state index contributed by atoms with van der Waals surface area (Å²) in [5.74, 6) is 2.03. The Kier molecular flexibility index (Phi) is 4.42. The van der Waals surface area contributed by atoms with Gasteiger partial charge < -0.3 is 19.3 Å². The maximum absolute atomic E-state index is 10.0. The van der Waals surface area contributed by atoms with E-state index in [-0.39, 0.29) is 5.75 Å². The molecule has 0 amide bonds. The summed E-state index contributed by atoms with van der Waals surface area (Å²) in [6.45, 7) is 0. The van der Waals surface area contributed by atoms with Crippen molar-refractivity contribution in [1.82, 2.24) is 4.98 Å². The zero-order valence-electron chi connectivity index (χ0n) is 13.9. The molecule has 0 saturated carbocycles. The molecule has 0 spiro atoms. The molecular formula is C19H19NO4. The largest absolute Gasteiger partial charge is 0.507 e. The summed E-state index contributed by atoms with van der Waals surface area (Å²) in [5.41, 5.74) is 1.85. The van der Waals surface area contributed by atoms with Crippen molar-refractivity contribution in [2.24, 2.45) is 0 Å². The molecule has 0 aliphatic heterocycles. The van der Waals surface area contributed by atoms with E-state index in [1.165, 1.54) is 0 Å². The van der Waals surface area contributed by atoms with Crippen LogP contribution < -0.4 is 14.2 Å². The van der Waals surface area contributed by atoms with Gasteiger partial charge in [-0.1, -0.05) is 12.1 Å². The summed E-state index contributed by atoms with van der Waals surface area (Å²) in [6.07, 6.45) is 2.28. The molecule has 5 heteroatoms. The van der Waals surface area contributed by atoms with E-state index in [9.17, 15) is 5.11 Å². The van der Waals surface area contributed by atoms with Crippen LogP contribution in [0.15, 0.2) is 42.6 Å². The zero-order chi connectivity index (χ0) is 17.1. The third-order valence-corrected chi connectivity index (χ3v) is 3.96. The molecule has 1 N–H and O–H groups in total. The maximum atomic E-state index is 10.0. The first-order valence-electron chi connectivity index (χ1n) is 7.52. The standard InChI is InChI=1S/C19H19NO4/c1-22-17-10-12(11-18(23-2)19(17)24-3)9-15-13-5-4-6-16(21)14(13)7-8-20-15/h4-8,10-11,21H,9H2,1-3H3. The fourth-order valence-electron chi connectivity index (χ4n) is 2.82. The lowest BCUT2D eigenvalue weighted by atomic mass is 10.0. The van der Waals surface area contributed by atoms with Crippen LogP contribution in [-0.4, -0.2) is 31.4 Å². The van der Waals surface area contributed by atoms with Crippen LogP contribution >= 0.6 is 0 Å². The summed E-state index contributed by atoms with van der Waals surface area (Å²) in [7, 11) is 4.76. The quantitative estimate of drug-likeness (QED) is 0.777. The number of ether oxygens (including phenoxy) is 3. The van der Waals surface area contributed by atoms with Gasteiger partial charge in [0.15, 0.2) is 11.5 Å². The zero-order valence-corrected chi connectivity index (χ0v) is 13.9. The van der Waals surface area contributed by atoms with Crippen LogP contribution in [0.3, 0.4) is 0 Å². The van der Waals surface area contributed by atoms with E-state index in [2.05, 4.69) is 4.98 Å². The van der Waals surface area contributed by atoms with Crippen LogP contribution in [-0.2, 0) is 6.42 Å². The van der Waals surface area contributed by atoms with Crippen molar-refractivity contribution in [3.05, 3.63) is 53.9 Å². The van der Waals surface area contributed by atoms with Gasteiger partial charge in [-0.15, -0.1) is 0 Å². The van der Waals surface area contributed by atoms with Crippen molar-refractivity contribution in [2.75, 3.05) is 21.3 Å². The first-order chi connectivity index (χ1) is 11.7. The molecule has 0 saturated heterocycles. The van der Waals surface area contributed by atoms with Gasteiger partial charge in [-0.3, -0.25) is 4.98 Å². The maximum Gasteiger partial charge on any atom is 0.203 e. The van der Waals surface area contributed by atoms with Crippen LogP contribution in [0.25, 0.3) is 10.8 Å². The second-order valence-electron chi connectivity index (χ2n) is 5.34. The molecule has 3 aromatic rings. The van der Waals surface area contributed by atoms with Crippen LogP contribution in [0, 0.1) is 0 Å². The number of rotatable bonds is 5. The van der Waals surface area contributed by atoms with Crippen molar-refractivity contribution in [1.29, 1.82) is 0 Å². The van der Waals surface area contributed by atoms with Gasteiger partial charge in [0.25, 0.3) is 0 Å².